The van der Waals surface area contributed by atoms with Crippen LogP contribution in [0, 0.1) is 13.8 Å². The summed E-state index contributed by atoms with van der Waals surface area (Å²) in [6, 6.07) is 80.9. The van der Waals surface area contributed by atoms with Gasteiger partial charge in [-0.25, -0.2) is 19.2 Å². The summed E-state index contributed by atoms with van der Waals surface area (Å²) >= 11 is 3.41. The van der Waals surface area contributed by atoms with Gasteiger partial charge in [0.2, 0.25) is 0 Å². The monoisotopic (exact) mass is 2000 g/mol. The highest BCUT2D eigenvalue weighted by molar-refractivity contribution is 9.10. The van der Waals surface area contributed by atoms with E-state index in [1.165, 1.54) is 18.2 Å². The largest absolute Gasteiger partial charge is 0.507 e. The van der Waals surface area contributed by atoms with Crippen molar-refractivity contribution in [2.75, 3.05) is 175 Å². The van der Waals surface area contributed by atoms with Gasteiger partial charge in [0.05, 0.1) is 95.8 Å². The molecule has 0 radical (unpaired) electrons. The minimum absolute atomic E-state index is 0.0312. The van der Waals surface area contributed by atoms with Crippen molar-refractivity contribution < 1.29 is 82.1 Å². The fraction of sp³-hybridized carbons (Fsp3) is 0.304. The lowest BCUT2D eigenvalue weighted by Gasteiger charge is -2.29. The molecule has 3 aliphatic heterocycles. The highest BCUT2D eigenvalue weighted by atomic mass is 79.9. The number of nitrogens with one attached hydrogen (secondary N) is 4. The average molecular weight is 2000 g/mol. The van der Waals surface area contributed by atoms with E-state index in [1.54, 1.807) is 93.6 Å². The summed E-state index contributed by atoms with van der Waals surface area (Å²) in [7, 11) is 5.93. The molecule has 3 aliphatic rings. The maximum atomic E-state index is 13.6. The number of benzene rings is 12. The second-order valence-electron chi connectivity index (χ2n) is 38.1. The molecule has 143 heavy (non-hydrogen) atoms. The van der Waals surface area contributed by atoms with Gasteiger partial charge >= 0.3 is 23.9 Å². The summed E-state index contributed by atoms with van der Waals surface area (Å²) in [5.74, 6) is -4.65. The van der Waals surface area contributed by atoms with Crippen molar-refractivity contribution in [1.29, 1.82) is 0 Å². The zero-order valence-electron chi connectivity index (χ0n) is 83.7. The van der Waals surface area contributed by atoms with Crippen molar-refractivity contribution in [2.45, 2.75) is 93.0 Å². The molecule has 0 atom stereocenters. The Bertz CT molecular complexity index is 6210. The standard InChI is InChI=1S/C32H39N3O4.C31H37N3O5.C27H29N3O5.C25H24BrNO3/c1-23-11-13-26(34(5)15-16-35-17-19-38-20-18-35)22-28(23)30(36)33-29-21-25(24-9-7-6-8-10-24)12-14-27(29)31(37)39-32(2,3)4;1-31(2,3)39-30(37)25-12-10-23(22-8-6-5-7-9-22)20-27(25)32-29(36)26-21-24(11-13-28(26)35)33(4)14-15-34-16-18-38-19-17-34;1-29(11-12-30-13-15-35-16-14-30)21-8-10-25(31)23(18-21)26(32)28-24-17-20(7-9-22(24)27(33)34)19-5-3-2-4-6-19;1-16-10-12-19(26)15-21(16)23(28)27-22-14-18(17-8-6-5-7-9-17)11-13-20(22)24(29)30-25(2,3)4/h6-14,21-22H,15-20H2,1-5H3,(H,33,36);5-13,20-21,35H,14-19H2,1-4H3,(H,32,36);2-10,17-18,31H,11-16H2,1H3,(H,28,32)(H,33,34);5-15H,1-4H3,(H,27,28). The Morgan fingerprint density at radius 1 is 0.315 bits per heavy atom. The van der Waals surface area contributed by atoms with Gasteiger partial charge in [-0.15, -0.1) is 0 Å². The van der Waals surface area contributed by atoms with Crippen molar-refractivity contribution in [3.63, 3.8) is 0 Å². The Morgan fingerprint density at radius 3 is 0.853 bits per heavy atom. The van der Waals surface area contributed by atoms with E-state index >= 15 is 0 Å². The molecule has 4 amide bonds. The molecule has 3 saturated heterocycles. The third kappa shape index (κ3) is 31.8. The minimum Gasteiger partial charge on any atom is -0.507 e. The maximum Gasteiger partial charge on any atom is 0.340 e. The van der Waals surface area contributed by atoms with Crippen LogP contribution < -0.4 is 36.0 Å². The molecule has 3 fully saturated rings. The van der Waals surface area contributed by atoms with Gasteiger partial charge < -0.3 is 79.7 Å². The minimum atomic E-state index is -1.15. The molecular weight excluding hydrogens is 1870 g/mol. The second-order valence-corrected chi connectivity index (χ2v) is 39.0. The summed E-state index contributed by atoms with van der Waals surface area (Å²) in [5.41, 5.74) is 12.8. The van der Waals surface area contributed by atoms with E-state index in [4.69, 9.17) is 28.4 Å². The highest BCUT2D eigenvalue weighted by Crippen LogP contribution is 2.37. The number of carboxylic acid groups (broad SMARTS) is 1. The van der Waals surface area contributed by atoms with E-state index in [0.717, 1.165) is 195 Å². The van der Waals surface area contributed by atoms with Gasteiger partial charge in [0.25, 0.3) is 23.6 Å². The summed E-state index contributed by atoms with van der Waals surface area (Å²) in [5, 5.41) is 42.1. The maximum absolute atomic E-state index is 13.6. The third-order valence-corrected chi connectivity index (χ3v) is 24.3. The fourth-order valence-corrected chi connectivity index (χ4v) is 16.2. The number of phenolic OH excluding ortho intramolecular Hbond substituents is 2. The second kappa shape index (κ2) is 50.3. The first-order valence-corrected chi connectivity index (χ1v) is 48.6. The Kier molecular flexibility index (Phi) is 37.8. The normalized spacial score (nSPS) is 13.4. The van der Waals surface area contributed by atoms with Gasteiger partial charge in [-0.2, -0.15) is 0 Å². The molecule has 0 aromatic heterocycles. The van der Waals surface area contributed by atoms with Crippen LogP contribution in [0.2, 0.25) is 0 Å². The Hall–Kier alpha value is -14.4. The summed E-state index contributed by atoms with van der Waals surface area (Å²) in [6.07, 6.45) is 0. The Labute approximate surface area is 846 Å². The van der Waals surface area contributed by atoms with E-state index in [0.29, 0.717) is 39.3 Å². The van der Waals surface area contributed by atoms with Gasteiger partial charge in [-0.3, -0.25) is 33.9 Å². The molecular formula is C115H129BrN10O17. The number of anilines is 7. The number of likely N-dealkylation sites (N-methyl/N-ethyl adjacent to an activating group) is 3. The molecule has 7 N–H and O–H groups in total. The number of amides is 4. The number of ether oxygens (including phenoxy) is 6. The first-order chi connectivity index (χ1) is 68.3. The summed E-state index contributed by atoms with van der Waals surface area (Å²) in [6.45, 7) is 35.0. The molecule has 0 bridgehead atoms. The molecule has 28 heteroatoms. The Morgan fingerprint density at radius 2 is 0.566 bits per heavy atom. The number of hydrogen-bond donors (Lipinski definition) is 7. The van der Waals surface area contributed by atoms with Gasteiger partial charge in [0.15, 0.2) is 0 Å². The molecule has 12 aromatic rings. The van der Waals surface area contributed by atoms with Crippen molar-refractivity contribution >= 4 is 103 Å². The third-order valence-electron chi connectivity index (χ3n) is 23.8. The molecule has 748 valence electrons. The van der Waals surface area contributed by atoms with Gasteiger partial charge in [0.1, 0.15) is 28.3 Å². The van der Waals surface area contributed by atoms with Crippen molar-refractivity contribution in [3.05, 3.63) is 327 Å². The van der Waals surface area contributed by atoms with E-state index < -0.39 is 52.5 Å². The number of aryl methyl sites for hydroxylation is 2. The van der Waals surface area contributed by atoms with E-state index in [2.05, 4.69) is 56.8 Å². The highest BCUT2D eigenvalue weighted by Gasteiger charge is 2.30. The number of carboxylic acids is 1. The van der Waals surface area contributed by atoms with Crippen molar-refractivity contribution in [2.24, 2.45) is 0 Å². The topological polar surface area (TPSA) is 320 Å². The quantitative estimate of drug-likeness (QED) is 0.0177. The number of rotatable bonds is 28. The lowest BCUT2D eigenvalue weighted by Crippen LogP contribution is -2.40. The predicted molar refractivity (Wildman–Crippen MR) is 570 cm³/mol. The van der Waals surface area contributed by atoms with Crippen molar-refractivity contribution in [3.8, 4) is 56.0 Å². The zero-order chi connectivity index (χ0) is 103. The van der Waals surface area contributed by atoms with Crippen LogP contribution in [0.25, 0.3) is 44.5 Å². The van der Waals surface area contributed by atoms with Crippen LogP contribution in [-0.4, -0.2) is 234 Å². The number of phenols is 2. The first kappa shape index (κ1) is 107. The number of carbonyl (C=O) groups is 8. The molecule has 0 unspecified atom stereocenters. The fourth-order valence-electron chi connectivity index (χ4n) is 15.9. The average Bonchev–Trinajstić information content (AvgIpc) is 0.796. The van der Waals surface area contributed by atoms with Crippen molar-refractivity contribution in [1.82, 2.24) is 14.7 Å². The van der Waals surface area contributed by atoms with Gasteiger partial charge in [-0.1, -0.05) is 174 Å². The number of hydrogen-bond acceptors (Lipinski definition) is 22. The zero-order valence-corrected chi connectivity index (χ0v) is 85.3. The van der Waals surface area contributed by atoms with Crippen LogP contribution in [0.15, 0.2) is 271 Å². The number of carbonyl (C=O) groups excluding carboxylic acids is 7. The van der Waals surface area contributed by atoms with Crippen LogP contribution in [-0.2, 0) is 28.4 Å². The van der Waals surface area contributed by atoms with Crippen LogP contribution in [0.1, 0.15) is 156 Å². The number of aromatic carboxylic acids is 1. The van der Waals surface area contributed by atoms with Crippen LogP contribution in [0.5, 0.6) is 11.5 Å². The lowest BCUT2D eigenvalue weighted by atomic mass is 10.0. The first-order valence-electron chi connectivity index (χ1n) is 47.8. The number of nitrogens with zero attached hydrogens (tertiary/aromatic N) is 6. The molecule has 27 nitrogen and oxygen atoms in total. The van der Waals surface area contributed by atoms with E-state index in [-0.39, 0.29) is 51.3 Å². The van der Waals surface area contributed by atoms with Crippen LogP contribution >= 0.6 is 15.9 Å². The number of esters is 3. The predicted octanol–water partition coefficient (Wildman–Crippen LogP) is 21.1. The Balaban J connectivity index is 0.000000171. The number of morpholine rings is 3. The SMILES string of the molecule is CN(CCN1CCOCC1)c1ccc(O)c(C(=O)Nc2cc(-c3ccccc3)ccc2C(=O)O)c1.CN(CCN1CCOCC1)c1ccc(O)c(C(=O)Nc2cc(-c3ccccc3)ccc2C(=O)OC(C)(C)C)c1.Cc1ccc(Br)cc1C(=O)Nc1cc(-c2ccccc2)ccc1C(=O)OC(C)(C)C.Cc1ccc(N(C)CCN2CCOCC2)cc1C(=O)Nc1cc(-c2ccccc2)ccc1C(=O)OC(C)(C)C. The van der Waals surface area contributed by atoms with E-state index in [1.807, 2.05) is 262 Å². The summed E-state index contributed by atoms with van der Waals surface area (Å²) < 4.78 is 33.8. The van der Waals surface area contributed by atoms with Crippen LogP contribution in [0.4, 0.5) is 39.8 Å². The molecule has 0 spiro atoms. The lowest BCUT2D eigenvalue weighted by molar-refractivity contribution is 0.00580. The number of aromatic hydroxyl groups is 2. The molecule has 3 heterocycles. The molecule has 0 saturated carbocycles. The van der Waals surface area contributed by atoms with Gasteiger partial charge in [-0.05, 0) is 241 Å². The molecule has 15 rings (SSSR count). The van der Waals surface area contributed by atoms with Crippen LogP contribution in [0.3, 0.4) is 0 Å². The smallest absolute Gasteiger partial charge is 0.340 e. The summed E-state index contributed by atoms with van der Waals surface area (Å²) in [4.78, 5) is 117. The van der Waals surface area contributed by atoms with Gasteiger partial charge in [0, 0.05) is 132 Å². The molecule has 0 aliphatic carbocycles. The van der Waals surface area contributed by atoms with E-state index in [9.17, 15) is 53.7 Å². The molecule has 12 aromatic carbocycles. The number of halogens is 1.